The van der Waals surface area contributed by atoms with E-state index < -0.39 is 15.3 Å². The number of hydrogen-bond acceptors (Lipinski definition) is 10. The second-order valence-electron chi connectivity index (χ2n) is 10.9. The molecule has 2 aliphatic rings. The van der Waals surface area contributed by atoms with Gasteiger partial charge in [-0.15, -0.1) is 0 Å². The molecular weight excluding hydrogens is 584 g/mol. The summed E-state index contributed by atoms with van der Waals surface area (Å²) < 4.78 is 0. The monoisotopic (exact) mass is 608 g/mol. The van der Waals surface area contributed by atoms with E-state index in [0.717, 1.165) is 11.1 Å². The lowest BCUT2D eigenvalue weighted by molar-refractivity contribution is -0.436. The highest BCUT2D eigenvalue weighted by molar-refractivity contribution is 5.88. The number of non-ortho nitro benzene ring substituents is 1. The van der Waals surface area contributed by atoms with E-state index in [1.165, 1.54) is 18.2 Å². The first-order chi connectivity index (χ1) is 22.3. The molecule has 2 heterocycles. The van der Waals surface area contributed by atoms with Gasteiger partial charge >= 0.3 is 5.70 Å². The van der Waals surface area contributed by atoms with Crippen molar-refractivity contribution in [3.63, 3.8) is 0 Å². The lowest BCUT2D eigenvalue weighted by Gasteiger charge is -2.39. The van der Waals surface area contributed by atoms with Crippen molar-refractivity contribution in [2.45, 2.75) is 18.5 Å². The molecule has 0 saturated carbocycles. The number of nitriles is 1. The molecule has 5 aromatic rings. The summed E-state index contributed by atoms with van der Waals surface area (Å²) in [6.45, 7) is 0.348. The average Bonchev–Trinajstić information content (AvgIpc) is 3.34. The fourth-order valence-electron chi connectivity index (χ4n) is 6.37. The quantitative estimate of drug-likeness (QED) is 0.183. The van der Waals surface area contributed by atoms with Crippen LogP contribution < -0.4 is 11.1 Å². The van der Waals surface area contributed by atoms with Crippen molar-refractivity contribution in [1.29, 1.82) is 5.26 Å². The largest absolute Gasteiger partial charge is 0.384 e. The Balaban J connectivity index is 1.57. The van der Waals surface area contributed by atoms with E-state index in [1.54, 1.807) is 29.2 Å². The zero-order valence-electron chi connectivity index (χ0n) is 24.1. The Morgan fingerprint density at radius 3 is 2.20 bits per heavy atom. The number of nitrogens with zero attached hydrogens (tertiary/aromatic N) is 6. The summed E-state index contributed by atoms with van der Waals surface area (Å²) in [5, 5.41) is 39.3. The maximum Gasteiger partial charge on any atom is 0.308 e. The lowest BCUT2D eigenvalue weighted by atomic mass is 9.70. The molecule has 1 aromatic heterocycles. The highest BCUT2D eigenvalue weighted by Gasteiger charge is 2.62. The summed E-state index contributed by atoms with van der Waals surface area (Å²) in [4.78, 5) is 35.3. The van der Waals surface area contributed by atoms with E-state index in [9.17, 15) is 25.5 Å². The molecule has 1 atom stereocenters. The number of hydrogen-bond donors (Lipinski definition) is 2. The Hall–Kier alpha value is -6.61. The summed E-state index contributed by atoms with van der Waals surface area (Å²) in [6, 6.07) is 32.0. The van der Waals surface area contributed by atoms with E-state index in [4.69, 9.17) is 15.7 Å². The molecule has 0 fully saturated rings. The van der Waals surface area contributed by atoms with Crippen molar-refractivity contribution in [2.75, 3.05) is 0 Å². The van der Waals surface area contributed by atoms with Crippen LogP contribution in [0.5, 0.6) is 0 Å². The summed E-state index contributed by atoms with van der Waals surface area (Å²) in [6.07, 6.45) is 0. The van der Waals surface area contributed by atoms with Crippen LogP contribution in [0.25, 0.3) is 22.3 Å². The Kier molecular flexibility index (Phi) is 6.64. The first-order valence-electron chi connectivity index (χ1n) is 14.3. The number of fused-ring (bicyclic) bond motifs is 6. The predicted octanol–water partition coefficient (Wildman–Crippen LogP) is 5.25. The molecule has 224 valence electrons. The van der Waals surface area contributed by atoms with Gasteiger partial charge in [-0.3, -0.25) is 20.2 Å². The Labute approximate surface area is 262 Å². The average molecular weight is 609 g/mol. The van der Waals surface area contributed by atoms with E-state index in [2.05, 4.69) is 11.4 Å². The minimum Gasteiger partial charge on any atom is -0.384 e. The van der Waals surface area contributed by atoms with Gasteiger partial charge in [-0.25, -0.2) is 9.97 Å². The van der Waals surface area contributed by atoms with Gasteiger partial charge in [-0.05, 0) is 22.8 Å². The maximum atomic E-state index is 13.5. The van der Waals surface area contributed by atoms with Gasteiger partial charge in [0, 0.05) is 24.2 Å². The third kappa shape index (κ3) is 4.21. The number of nitro benzene ring substituents is 1. The zero-order chi connectivity index (χ0) is 32.0. The molecule has 0 radical (unpaired) electrons. The van der Waals surface area contributed by atoms with Crippen molar-refractivity contribution in [3.05, 3.63) is 169 Å². The third-order valence-corrected chi connectivity index (χ3v) is 8.35. The standard InChI is InChI=1S/C34H24N8O4/c35-18-26-32(36)40(20-22-11-5-2-6-12-22)33(37-19-21-9-3-1-4-10-21)31(42(45)46)34(26)25-14-8-7-13-24(25)29-30(34)39-28-17-23(41(43)44)15-16-27(28)38-29/h1-17,37H,19-20,36H2. The molecule has 0 amide bonds. The SMILES string of the molecule is N#CC1=C(N)N(Cc2ccccc2)C(NCc2ccccc2)=C([N+](=O)[O-])C12c1ccccc1-c1nc3ccc([N+](=O)[O-])cc3nc12. The fraction of sp³-hybridized carbons (Fsp3) is 0.0882. The number of allylic oxidation sites excluding steroid dienone is 1. The number of benzene rings is 4. The van der Waals surface area contributed by atoms with Gasteiger partial charge in [0.15, 0.2) is 11.2 Å². The maximum absolute atomic E-state index is 13.5. The molecule has 12 heteroatoms. The summed E-state index contributed by atoms with van der Waals surface area (Å²) in [5.41, 5.74) is 7.95. The Morgan fingerprint density at radius 1 is 0.848 bits per heavy atom. The molecule has 1 unspecified atom stereocenters. The van der Waals surface area contributed by atoms with Crippen LogP contribution in [0.15, 0.2) is 126 Å². The minimum atomic E-state index is -1.88. The minimum absolute atomic E-state index is 0.0103. The van der Waals surface area contributed by atoms with Gasteiger partial charge in [0.2, 0.25) is 0 Å². The lowest BCUT2D eigenvalue weighted by Crippen LogP contribution is -2.49. The Bertz CT molecular complexity index is 2180. The van der Waals surface area contributed by atoms with Crippen LogP contribution in [0, 0.1) is 31.6 Å². The van der Waals surface area contributed by atoms with Crippen LogP contribution in [0.4, 0.5) is 5.69 Å². The molecule has 7 rings (SSSR count). The van der Waals surface area contributed by atoms with E-state index in [-0.39, 0.29) is 52.9 Å². The first kappa shape index (κ1) is 28.2. The van der Waals surface area contributed by atoms with Crippen LogP contribution >= 0.6 is 0 Å². The number of rotatable bonds is 7. The molecule has 1 aliphatic heterocycles. The number of nitro groups is 2. The molecule has 1 aliphatic carbocycles. The van der Waals surface area contributed by atoms with E-state index in [0.29, 0.717) is 22.3 Å². The van der Waals surface area contributed by atoms with E-state index in [1.807, 2.05) is 60.7 Å². The summed E-state index contributed by atoms with van der Waals surface area (Å²) in [7, 11) is 0. The molecule has 0 saturated heterocycles. The van der Waals surface area contributed by atoms with Crippen molar-refractivity contribution in [3.8, 4) is 17.3 Å². The number of nitrogens with one attached hydrogen (secondary N) is 1. The second-order valence-corrected chi connectivity index (χ2v) is 10.9. The summed E-state index contributed by atoms with van der Waals surface area (Å²) >= 11 is 0. The fourth-order valence-corrected chi connectivity index (χ4v) is 6.37. The van der Waals surface area contributed by atoms with Crippen molar-refractivity contribution < 1.29 is 9.85 Å². The molecule has 4 aromatic carbocycles. The van der Waals surface area contributed by atoms with Gasteiger partial charge in [0.05, 0.1) is 44.4 Å². The molecule has 0 bridgehead atoms. The molecule has 3 N–H and O–H groups in total. The highest BCUT2D eigenvalue weighted by atomic mass is 16.6. The molecular formula is C34H24N8O4. The molecule has 1 spiro atoms. The predicted molar refractivity (Wildman–Crippen MR) is 169 cm³/mol. The van der Waals surface area contributed by atoms with Gasteiger partial charge in [-0.2, -0.15) is 5.26 Å². The van der Waals surface area contributed by atoms with Gasteiger partial charge < -0.3 is 16.0 Å². The summed E-state index contributed by atoms with van der Waals surface area (Å²) in [5.74, 6) is 0.105. The van der Waals surface area contributed by atoms with Crippen LogP contribution in [0.1, 0.15) is 22.4 Å². The van der Waals surface area contributed by atoms with Gasteiger partial charge in [0.1, 0.15) is 11.9 Å². The van der Waals surface area contributed by atoms with Crippen LogP contribution in [-0.4, -0.2) is 24.7 Å². The number of aromatic nitrogens is 2. The zero-order valence-corrected chi connectivity index (χ0v) is 24.1. The molecule has 12 nitrogen and oxygen atoms in total. The first-order valence-corrected chi connectivity index (χ1v) is 14.3. The third-order valence-electron chi connectivity index (χ3n) is 8.35. The molecule has 46 heavy (non-hydrogen) atoms. The number of nitrogens with two attached hydrogens (primary N) is 1. The van der Waals surface area contributed by atoms with Crippen LogP contribution in [0.3, 0.4) is 0 Å². The van der Waals surface area contributed by atoms with Crippen molar-refractivity contribution in [2.24, 2.45) is 5.73 Å². The Morgan fingerprint density at radius 2 is 1.52 bits per heavy atom. The van der Waals surface area contributed by atoms with Gasteiger partial charge in [0.25, 0.3) is 5.69 Å². The van der Waals surface area contributed by atoms with Gasteiger partial charge in [-0.1, -0.05) is 84.9 Å². The van der Waals surface area contributed by atoms with Crippen LogP contribution in [0.2, 0.25) is 0 Å². The second kappa shape index (κ2) is 10.8. The highest BCUT2D eigenvalue weighted by Crippen LogP contribution is 2.58. The van der Waals surface area contributed by atoms with E-state index >= 15 is 0 Å². The van der Waals surface area contributed by atoms with Crippen molar-refractivity contribution >= 4 is 16.7 Å². The smallest absolute Gasteiger partial charge is 0.308 e. The topological polar surface area (TPSA) is 177 Å². The van der Waals surface area contributed by atoms with Crippen molar-refractivity contribution in [1.82, 2.24) is 20.2 Å². The normalized spacial score (nSPS) is 16.7. The van der Waals surface area contributed by atoms with Crippen LogP contribution in [-0.2, 0) is 18.5 Å².